The Bertz CT molecular complexity index is 830. The summed E-state index contributed by atoms with van der Waals surface area (Å²) in [6.07, 6.45) is 6.93. The van der Waals surface area contributed by atoms with Gasteiger partial charge in [0, 0.05) is 24.8 Å². The SMILES string of the molecule is CC[C@H](C)N1C(=O)/C(=C/c2cc3c4c(c2)CCCN4CCC3)C(=O)NC1=S. The maximum Gasteiger partial charge on any atom is 0.265 e. The number of hydrogen-bond acceptors (Lipinski definition) is 4. The van der Waals surface area contributed by atoms with E-state index < -0.39 is 5.91 Å². The molecule has 4 rings (SSSR count). The third-order valence-electron chi connectivity index (χ3n) is 5.83. The van der Waals surface area contributed by atoms with Gasteiger partial charge >= 0.3 is 0 Å². The zero-order valence-electron chi connectivity index (χ0n) is 15.9. The molecule has 5 nitrogen and oxygen atoms in total. The Labute approximate surface area is 165 Å². The Kier molecular flexibility index (Phi) is 4.76. The first kappa shape index (κ1) is 18.2. The summed E-state index contributed by atoms with van der Waals surface area (Å²) >= 11 is 5.22. The second-order valence-corrected chi connectivity index (χ2v) is 8.02. The van der Waals surface area contributed by atoms with Crippen molar-refractivity contribution in [1.82, 2.24) is 10.2 Å². The highest BCUT2D eigenvalue weighted by atomic mass is 32.1. The minimum atomic E-state index is -0.405. The third-order valence-corrected chi connectivity index (χ3v) is 6.13. The summed E-state index contributed by atoms with van der Waals surface area (Å²) < 4.78 is 0. The van der Waals surface area contributed by atoms with Crippen molar-refractivity contribution in [1.29, 1.82) is 0 Å². The minimum absolute atomic E-state index is 0.0488. The fraction of sp³-hybridized carbons (Fsp3) is 0.476. The number of nitrogens with one attached hydrogen (secondary N) is 1. The largest absolute Gasteiger partial charge is 0.371 e. The van der Waals surface area contributed by atoms with Crippen molar-refractivity contribution in [2.24, 2.45) is 0 Å². The average molecular weight is 384 g/mol. The number of hydrogen-bond donors (Lipinski definition) is 1. The number of aryl methyl sites for hydroxylation is 2. The van der Waals surface area contributed by atoms with Crippen LogP contribution in [0.3, 0.4) is 0 Å². The van der Waals surface area contributed by atoms with Gasteiger partial charge in [0.2, 0.25) is 0 Å². The highest BCUT2D eigenvalue weighted by Gasteiger charge is 2.35. The van der Waals surface area contributed by atoms with Crippen LogP contribution in [0.25, 0.3) is 6.08 Å². The number of carbonyl (C=O) groups excluding carboxylic acids is 2. The Balaban J connectivity index is 1.73. The first-order chi connectivity index (χ1) is 13.0. The average Bonchev–Trinajstić information content (AvgIpc) is 2.65. The molecule has 2 amide bonds. The van der Waals surface area contributed by atoms with Crippen molar-refractivity contribution >= 4 is 40.9 Å². The molecular formula is C21H25N3O2S. The van der Waals surface area contributed by atoms with Gasteiger partial charge in [-0.15, -0.1) is 0 Å². The maximum absolute atomic E-state index is 13.0. The summed E-state index contributed by atoms with van der Waals surface area (Å²) in [6, 6.07) is 4.24. The summed E-state index contributed by atoms with van der Waals surface area (Å²) in [5, 5.41) is 2.88. The van der Waals surface area contributed by atoms with E-state index in [4.69, 9.17) is 12.2 Å². The van der Waals surface area contributed by atoms with Crippen molar-refractivity contribution < 1.29 is 9.59 Å². The maximum atomic E-state index is 13.0. The smallest absolute Gasteiger partial charge is 0.265 e. The monoisotopic (exact) mass is 383 g/mol. The van der Waals surface area contributed by atoms with Crippen molar-refractivity contribution in [3.63, 3.8) is 0 Å². The Morgan fingerprint density at radius 1 is 1.19 bits per heavy atom. The molecule has 1 aromatic rings. The molecule has 0 saturated carbocycles. The highest BCUT2D eigenvalue weighted by molar-refractivity contribution is 7.80. The Morgan fingerprint density at radius 2 is 1.81 bits per heavy atom. The molecule has 1 aromatic carbocycles. The van der Waals surface area contributed by atoms with Gasteiger partial charge in [-0.05, 0) is 86.1 Å². The molecule has 1 N–H and O–H groups in total. The van der Waals surface area contributed by atoms with E-state index in [1.807, 2.05) is 13.8 Å². The molecule has 3 aliphatic rings. The fourth-order valence-corrected chi connectivity index (χ4v) is 4.69. The topological polar surface area (TPSA) is 52.7 Å². The van der Waals surface area contributed by atoms with Gasteiger partial charge in [-0.2, -0.15) is 0 Å². The molecule has 0 aromatic heterocycles. The lowest BCUT2D eigenvalue weighted by atomic mass is 9.89. The van der Waals surface area contributed by atoms with Crippen molar-refractivity contribution in [3.05, 3.63) is 34.4 Å². The fourth-order valence-electron chi connectivity index (χ4n) is 4.33. The predicted molar refractivity (Wildman–Crippen MR) is 111 cm³/mol. The molecule has 1 atom stereocenters. The standard InChI is InChI=1S/C21H25N3O2S/c1-3-13(2)24-20(26)17(19(25)22-21(24)27)12-14-10-15-6-4-8-23-9-5-7-16(11-14)18(15)23/h10-13H,3-9H2,1-2H3,(H,22,25,27)/b17-12+/t13-/m0/s1. The molecule has 142 valence electrons. The van der Waals surface area contributed by atoms with Gasteiger partial charge in [-0.3, -0.25) is 19.8 Å². The highest BCUT2D eigenvalue weighted by Crippen LogP contribution is 2.36. The Hall–Kier alpha value is -2.21. The van der Waals surface area contributed by atoms with Crippen LogP contribution in [-0.2, 0) is 22.4 Å². The van der Waals surface area contributed by atoms with Crippen LogP contribution < -0.4 is 10.2 Å². The third kappa shape index (κ3) is 3.16. The Morgan fingerprint density at radius 3 is 2.41 bits per heavy atom. The molecule has 0 aliphatic carbocycles. The van der Waals surface area contributed by atoms with Crippen LogP contribution in [-0.4, -0.2) is 41.0 Å². The molecule has 0 spiro atoms. The van der Waals surface area contributed by atoms with Gasteiger partial charge in [0.25, 0.3) is 11.8 Å². The first-order valence-electron chi connectivity index (χ1n) is 9.81. The van der Waals surface area contributed by atoms with Gasteiger partial charge in [0.05, 0.1) is 0 Å². The van der Waals surface area contributed by atoms with Gasteiger partial charge in [0.15, 0.2) is 5.11 Å². The molecule has 1 saturated heterocycles. The van der Waals surface area contributed by atoms with Crippen molar-refractivity contribution in [2.75, 3.05) is 18.0 Å². The van der Waals surface area contributed by atoms with Gasteiger partial charge in [-0.25, -0.2) is 0 Å². The van der Waals surface area contributed by atoms with Crippen molar-refractivity contribution in [3.8, 4) is 0 Å². The lowest BCUT2D eigenvalue weighted by Crippen LogP contribution is -2.56. The number of carbonyl (C=O) groups is 2. The molecule has 0 radical (unpaired) electrons. The van der Waals surface area contributed by atoms with Crippen LogP contribution >= 0.6 is 12.2 Å². The van der Waals surface area contributed by atoms with Gasteiger partial charge in [-0.1, -0.05) is 6.92 Å². The number of anilines is 1. The second kappa shape index (κ2) is 7.08. The minimum Gasteiger partial charge on any atom is -0.371 e. The van der Waals surface area contributed by atoms with Gasteiger partial charge in [0.1, 0.15) is 5.57 Å². The van der Waals surface area contributed by atoms with E-state index in [1.54, 1.807) is 6.08 Å². The number of benzene rings is 1. The van der Waals surface area contributed by atoms with E-state index in [9.17, 15) is 9.59 Å². The van der Waals surface area contributed by atoms with E-state index in [0.717, 1.165) is 50.8 Å². The normalized spacial score (nSPS) is 22.0. The van der Waals surface area contributed by atoms with Crippen LogP contribution in [0.4, 0.5) is 5.69 Å². The summed E-state index contributed by atoms with van der Waals surface area (Å²) in [4.78, 5) is 29.4. The summed E-state index contributed by atoms with van der Waals surface area (Å²) in [5.41, 5.74) is 5.16. The molecule has 3 aliphatic heterocycles. The molecule has 3 heterocycles. The van der Waals surface area contributed by atoms with Crippen LogP contribution in [0.15, 0.2) is 17.7 Å². The number of rotatable bonds is 3. The first-order valence-corrected chi connectivity index (χ1v) is 10.2. The van der Waals surface area contributed by atoms with E-state index in [0.29, 0.717) is 0 Å². The summed E-state index contributed by atoms with van der Waals surface area (Å²) in [7, 11) is 0. The number of nitrogens with zero attached hydrogens (tertiary/aromatic N) is 2. The van der Waals surface area contributed by atoms with Gasteiger partial charge < -0.3 is 4.90 Å². The van der Waals surface area contributed by atoms with Crippen LogP contribution in [0, 0.1) is 0 Å². The predicted octanol–water partition coefficient (Wildman–Crippen LogP) is 2.81. The van der Waals surface area contributed by atoms with E-state index in [-0.39, 0.29) is 22.6 Å². The zero-order chi connectivity index (χ0) is 19.1. The van der Waals surface area contributed by atoms with Crippen LogP contribution in [0.1, 0.15) is 49.8 Å². The van der Waals surface area contributed by atoms with Crippen LogP contribution in [0.5, 0.6) is 0 Å². The van der Waals surface area contributed by atoms with E-state index in [2.05, 4.69) is 22.3 Å². The lowest BCUT2D eigenvalue weighted by Gasteiger charge is -2.37. The van der Waals surface area contributed by atoms with Crippen LogP contribution in [0.2, 0.25) is 0 Å². The zero-order valence-corrected chi connectivity index (χ0v) is 16.7. The second-order valence-electron chi connectivity index (χ2n) is 7.63. The summed E-state index contributed by atoms with van der Waals surface area (Å²) in [6.45, 7) is 6.20. The lowest BCUT2D eigenvalue weighted by molar-refractivity contribution is -0.130. The quantitative estimate of drug-likeness (QED) is 0.495. The van der Waals surface area contributed by atoms with E-state index >= 15 is 0 Å². The molecule has 0 bridgehead atoms. The van der Waals surface area contributed by atoms with E-state index in [1.165, 1.54) is 21.7 Å². The molecule has 6 heteroatoms. The molecule has 0 unspecified atom stereocenters. The molecule has 1 fully saturated rings. The molecule has 27 heavy (non-hydrogen) atoms. The summed E-state index contributed by atoms with van der Waals surface area (Å²) in [5.74, 6) is -0.705. The van der Waals surface area contributed by atoms with Crippen molar-refractivity contribution in [2.45, 2.75) is 52.0 Å². The molecular weight excluding hydrogens is 358 g/mol. The number of thiocarbonyl (C=S) groups is 1. The number of amides is 2.